The minimum Gasteiger partial charge on any atom is -0.148 e. The Bertz CT molecular complexity index is 3400. The molecule has 3 bridgehead atoms. The molecule has 13 unspecified atom stereocenters. The maximum atomic E-state index is 5.67. The molecule has 2 fully saturated rings. The molecule has 14 aliphatic rings. The van der Waals surface area contributed by atoms with E-state index in [0.29, 0.717) is 53.3 Å². The van der Waals surface area contributed by atoms with E-state index in [2.05, 4.69) is 185 Å². The van der Waals surface area contributed by atoms with Gasteiger partial charge in [0.1, 0.15) is 0 Å². The average molecular weight is 1170 g/mol. The predicted octanol–water partition coefficient (Wildman–Crippen LogP) is 23.9. The first-order valence-corrected chi connectivity index (χ1v) is 36.3. The Morgan fingerprint density at radius 2 is 1.47 bits per heavy atom. The standard InChI is InChI=1S/C86H104S/c1-6-10-36-63(8-3)84(64-37-16-14-17-38-64)65-55-60(54-59(5)33-31-35-62-57-83(58-65,71(9-4)77(84)32-7-2)72-44-24-19-39-66(62)72)34-15-12-11-13-18-51-82(87)61-52-53-80-81(56-61)86(75-47-27-22-42-69(75)70-43-23-28-48-76(70)86)79-50-30-29-49-78(79)85(80)73-45-25-20-40-67(73)68-41-21-26-46-74(68)85/h6,8-9,14-16,19-23,25,27,29-31,33-35,39,41,43,45,51,54-55,59,61,64,67,69,75,78-81,87H,1,4,7,10-13,17-18,24,26,28,32,36-38,40,42,44,46-50,52-53,56-58H2,2-3,5H3/b33-31-,34-15+,60-54-,62-35+,63-8+,65-55+,82-51-/t59-,61?,64?,67?,69?,75?,78?,79?,80?,81?,83?,84?,85?,86?/m1/s1. The Morgan fingerprint density at radius 1 is 0.701 bits per heavy atom. The fourth-order valence-electron chi connectivity index (χ4n) is 23.3. The molecule has 0 aromatic heterocycles. The van der Waals surface area contributed by atoms with Gasteiger partial charge in [0, 0.05) is 27.6 Å². The van der Waals surface area contributed by atoms with E-state index < -0.39 is 0 Å². The first-order chi connectivity index (χ1) is 42.8. The summed E-state index contributed by atoms with van der Waals surface area (Å²) >= 11 is 5.67. The van der Waals surface area contributed by atoms with Gasteiger partial charge in [-0.05, 0) is 265 Å². The molecule has 14 aliphatic carbocycles. The monoisotopic (exact) mass is 1170 g/mol. The fraction of sp³-hybridized carbons (Fsp3) is 0.512. The number of hydrogen-bond donors (Lipinski definition) is 1. The van der Waals surface area contributed by atoms with Crippen LogP contribution in [0, 0.1) is 80.8 Å². The van der Waals surface area contributed by atoms with Gasteiger partial charge in [0.25, 0.3) is 0 Å². The maximum Gasteiger partial charge on any atom is 0.0371 e. The molecule has 0 aromatic rings. The Morgan fingerprint density at radius 3 is 2.28 bits per heavy atom. The van der Waals surface area contributed by atoms with Gasteiger partial charge in [-0.3, -0.25) is 0 Å². The molecule has 0 saturated heterocycles. The second kappa shape index (κ2) is 24.9. The van der Waals surface area contributed by atoms with Gasteiger partial charge in [-0.1, -0.05) is 224 Å². The zero-order chi connectivity index (χ0) is 59.3. The molecule has 2 saturated carbocycles. The molecule has 0 amide bonds. The van der Waals surface area contributed by atoms with Crippen LogP contribution >= 0.6 is 12.6 Å². The number of unbranched alkanes of at least 4 members (excludes halogenated alkanes) is 3. The molecule has 87 heavy (non-hydrogen) atoms. The van der Waals surface area contributed by atoms with Gasteiger partial charge < -0.3 is 0 Å². The van der Waals surface area contributed by atoms with Crippen molar-refractivity contribution in [1.29, 1.82) is 0 Å². The van der Waals surface area contributed by atoms with Crippen molar-refractivity contribution < 1.29 is 0 Å². The van der Waals surface area contributed by atoms with Crippen LogP contribution in [0.1, 0.15) is 194 Å². The Balaban J connectivity index is 0.766. The van der Waals surface area contributed by atoms with E-state index in [1.807, 2.05) is 16.7 Å². The maximum absolute atomic E-state index is 5.67. The fourth-order valence-corrected chi connectivity index (χ4v) is 23.7. The van der Waals surface area contributed by atoms with E-state index in [-0.39, 0.29) is 21.7 Å². The molecule has 14 atom stereocenters. The summed E-state index contributed by atoms with van der Waals surface area (Å²) in [5.41, 5.74) is 22.1. The van der Waals surface area contributed by atoms with Crippen LogP contribution in [0.25, 0.3) is 0 Å². The topological polar surface area (TPSA) is 0 Å². The lowest BCUT2D eigenvalue weighted by Crippen LogP contribution is -2.64. The molecule has 14 rings (SSSR count). The summed E-state index contributed by atoms with van der Waals surface area (Å²) in [6.07, 6.45) is 97.9. The molecule has 454 valence electrons. The van der Waals surface area contributed by atoms with Crippen molar-refractivity contribution in [2.75, 3.05) is 0 Å². The third kappa shape index (κ3) is 9.44. The van der Waals surface area contributed by atoms with Crippen molar-refractivity contribution >= 4 is 12.6 Å². The van der Waals surface area contributed by atoms with Crippen molar-refractivity contribution in [2.45, 2.75) is 194 Å². The van der Waals surface area contributed by atoms with Gasteiger partial charge in [0.05, 0.1) is 0 Å². The summed E-state index contributed by atoms with van der Waals surface area (Å²) in [7, 11) is 0. The Labute approximate surface area is 532 Å². The molecule has 0 radical (unpaired) electrons. The number of hydrogen-bond acceptors (Lipinski definition) is 1. The molecule has 0 aromatic carbocycles. The minimum atomic E-state index is -0.162. The lowest BCUT2D eigenvalue weighted by Gasteiger charge is -2.69. The minimum absolute atomic E-state index is 0.0725. The SMILES string of the molecule is C=CCC/C(=C\C)C1(C2CC=CCC2)C(CCC)=C(C=C)C23C/C(=C\C=C/[C@@H](C)/C=C(/C=C/CCCC/C=C(\S)C4CCC5C(C4)C4(C6=C(C=CCC6)C6CC=CCC64)C4CC=CCC4C54C5=CC=CCC5C5=C4CCC=C5)\C=C\1C2)C1=C3CCC=C1. The summed E-state index contributed by atoms with van der Waals surface area (Å²) in [6, 6.07) is 0. The Kier molecular flexibility index (Phi) is 17.1. The second-order valence-electron chi connectivity index (χ2n) is 29.6. The van der Waals surface area contributed by atoms with Crippen LogP contribution in [-0.4, -0.2) is 0 Å². The van der Waals surface area contributed by atoms with Gasteiger partial charge >= 0.3 is 0 Å². The summed E-state index contributed by atoms with van der Waals surface area (Å²) < 4.78 is 0. The summed E-state index contributed by atoms with van der Waals surface area (Å²) in [6.45, 7) is 16.3. The van der Waals surface area contributed by atoms with E-state index >= 15 is 0 Å². The van der Waals surface area contributed by atoms with Crippen LogP contribution in [0.4, 0.5) is 0 Å². The molecule has 0 N–H and O–H groups in total. The molecule has 1 heteroatoms. The third-order valence-electron chi connectivity index (χ3n) is 25.9. The lowest BCUT2D eigenvalue weighted by atomic mass is 9.34. The van der Waals surface area contributed by atoms with Crippen LogP contribution in [0.5, 0.6) is 0 Å². The predicted molar refractivity (Wildman–Crippen MR) is 375 cm³/mol. The average Bonchev–Trinajstić information content (AvgIpc) is 1.57. The molecule has 0 aliphatic heterocycles. The van der Waals surface area contributed by atoms with Gasteiger partial charge in [-0.25, -0.2) is 0 Å². The van der Waals surface area contributed by atoms with Crippen molar-refractivity contribution in [3.05, 3.63) is 248 Å². The van der Waals surface area contributed by atoms with Crippen LogP contribution < -0.4 is 0 Å². The van der Waals surface area contributed by atoms with Crippen molar-refractivity contribution in [3.63, 3.8) is 0 Å². The lowest BCUT2D eigenvalue weighted by molar-refractivity contribution is -0.149. The van der Waals surface area contributed by atoms with E-state index in [4.69, 9.17) is 19.2 Å². The highest BCUT2D eigenvalue weighted by Crippen LogP contribution is 2.81. The summed E-state index contributed by atoms with van der Waals surface area (Å²) in [5, 5.41) is 0. The first-order valence-electron chi connectivity index (χ1n) is 35.8. The molecule has 0 nitrogen and oxygen atoms in total. The second-order valence-corrected chi connectivity index (χ2v) is 30.1. The van der Waals surface area contributed by atoms with Gasteiger partial charge in [-0.15, -0.1) is 19.2 Å². The quantitative estimate of drug-likeness (QED) is 0.0943. The van der Waals surface area contributed by atoms with Crippen LogP contribution in [0.3, 0.4) is 0 Å². The smallest absolute Gasteiger partial charge is 0.0371 e. The number of allylic oxidation sites excluding steroid dienone is 40. The summed E-state index contributed by atoms with van der Waals surface area (Å²) in [4.78, 5) is 1.41. The normalized spacial score (nSPS) is 40.3. The highest BCUT2D eigenvalue weighted by Gasteiger charge is 2.73. The number of thiol groups is 1. The van der Waals surface area contributed by atoms with Crippen LogP contribution in [-0.2, 0) is 0 Å². The zero-order valence-electron chi connectivity index (χ0n) is 53.7. The molecule has 3 spiro atoms. The molecular formula is C86H104S. The Hall–Kier alpha value is -5.11. The van der Waals surface area contributed by atoms with E-state index in [1.165, 1.54) is 118 Å². The van der Waals surface area contributed by atoms with Crippen molar-refractivity contribution in [2.24, 2.45) is 80.8 Å². The number of rotatable bonds is 15. The highest BCUT2D eigenvalue weighted by molar-refractivity contribution is 7.84. The van der Waals surface area contributed by atoms with Crippen molar-refractivity contribution in [3.8, 4) is 0 Å². The molecular weight excluding hydrogens is 1070 g/mol. The summed E-state index contributed by atoms with van der Waals surface area (Å²) in [5.74, 6) is 6.10. The van der Waals surface area contributed by atoms with Gasteiger partial charge in [0.2, 0.25) is 0 Å². The van der Waals surface area contributed by atoms with E-state index in [9.17, 15) is 0 Å². The first kappa shape index (κ1) is 59.5. The van der Waals surface area contributed by atoms with Crippen molar-refractivity contribution in [1.82, 2.24) is 0 Å². The largest absolute Gasteiger partial charge is 0.148 e. The zero-order valence-corrected chi connectivity index (χ0v) is 54.6. The van der Waals surface area contributed by atoms with E-state index in [1.54, 1.807) is 39.0 Å². The number of fused-ring (bicyclic) bond motifs is 17. The van der Waals surface area contributed by atoms with Gasteiger partial charge in [0.15, 0.2) is 0 Å². The van der Waals surface area contributed by atoms with E-state index in [0.717, 1.165) is 83.0 Å². The van der Waals surface area contributed by atoms with Gasteiger partial charge in [-0.2, -0.15) is 0 Å². The highest BCUT2D eigenvalue weighted by atomic mass is 32.1. The molecule has 0 heterocycles. The van der Waals surface area contributed by atoms with Crippen LogP contribution in [0.15, 0.2) is 248 Å². The van der Waals surface area contributed by atoms with Crippen LogP contribution in [0.2, 0.25) is 0 Å². The third-order valence-corrected chi connectivity index (χ3v) is 26.5.